The van der Waals surface area contributed by atoms with E-state index in [0.717, 1.165) is 0 Å². The van der Waals surface area contributed by atoms with Gasteiger partial charge in [-0.05, 0) is 79.7 Å². The van der Waals surface area contributed by atoms with Gasteiger partial charge >= 0.3 is 5.97 Å². The van der Waals surface area contributed by atoms with Crippen LogP contribution in [-0.4, -0.2) is 41.9 Å². The van der Waals surface area contributed by atoms with E-state index in [2.05, 4.69) is 10.0 Å². The topological polar surface area (TPSA) is 171 Å². The van der Waals surface area contributed by atoms with E-state index >= 15 is 0 Å². The summed E-state index contributed by atoms with van der Waals surface area (Å²) in [7, 11) is -6.29. The molecule has 13 heteroatoms. The molecule has 0 saturated heterocycles. The van der Waals surface area contributed by atoms with Crippen molar-refractivity contribution in [3.05, 3.63) is 78.4 Å². The normalized spacial score (nSPS) is 12.3. The number of hydrogen-bond acceptors (Lipinski definition) is 8. The molecule has 0 aliphatic rings. The summed E-state index contributed by atoms with van der Waals surface area (Å²) in [5, 5.41) is 7.52. The summed E-state index contributed by atoms with van der Waals surface area (Å²) in [6.07, 6.45) is -1.20. The zero-order valence-electron chi connectivity index (χ0n) is 19.2. The van der Waals surface area contributed by atoms with Crippen LogP contribution in [0.15, 0.2) is 82.6 Å². The lowest BCUT2D eigenvalue weighted by atomic mass is 10.2. The lowest BCUT2D eigenvalue weighted by Crippen LogP contribution is -2.30. The molecule has 190 valence electrons. The van der Waals surface area contributed by atoms with Gasteiger partial charge in [0, 0.05) is 11.4 Å². The molecule has 0 heterocycles. The summed E-state index contributed by atoms with van der Waals surface area (Å²) in [4.78, 5) is 24.6. The SMILES string of the molecule is COc1ccc(NS(=O)(=O)c2ccc(C(=O)O[C@H](C)C(=O)Nc3ccc(S(N)(=O)=O)cc3)cc2)cc1. The first-order chi connectivity index (χ1) is 16.9. The number of primary sulfonamides is 1. The Morgan fingerprint density at radius 3 is 1.86 bits per heavy atom. The van der Waals surface area contributed by atoms with E-state index in [4.69, 9.17) is 14.6 Å². The molecule has 0 radical (unpaired) electrons. The maximum absolute atomic E-state index is 12.6. The van der Waals surface area contributed by atoms with Gasteiger partial charge in [-0.25, -0.2) is 26.8 Å². The van der Waals surface area contributed by atoms with E-state index in [1.165, 1.54) is 62.6 Å². The number of benzene rings is 3. The van der Waals surface area contributed by atoms with Gasteiger partial charge in [-0.15, -0.1) is 0 Å². The molecule has 0 unspecified atom stereocenters. The minimum Gasteiger partial charge on any atom is -0.497 e. The van der Waals surface area contributed by atoms with Crippen LogP contribution in [0.2, 0.25) is 0 Å². The molecule has 1 amide bonds. The smallest absolute Gasteiger partial charge is 0.338 e. The number of carbonyl (C=O) groups excluding carboxylic acids is 2. The highest BCUT2D eigenvalue weighted by Gasteiger charge is 2.21. The molecule has 0 aromatic heterocycles. The Bertz CT molecular complexity index is 1450. The lowest BCUT2D eigenvalue weighted by molar-refractivity contribution is -0.123. The van der Waals surface area contributed by atoms with Crippen molar-refractivity contribution in [2.45, 2.75) is 22.8 Å². The zero-order valence-corrected chi connectivity index (χ0v) is 20.8. The summed E-state index contributed by atoms with van der Waals surface area (Å²) in [6.45, 7) is 1.35. The Hall–Kier alpha value is -3.94. The van der Waals surface area contributed by atoms with Crippen LogP contribution in [0.1, 0.15) is 17.3 Å². The van der Waals surface area contributed by atoms with Crippen LogP contribution in [0, 0.1) is 0 Å². The van der Waals surface area contributed by atoms with Crippen LogP contribution in [0.3, 0.4) is 0 Å². The number of anilines is 2. The maximum atomic E-state index is 12.6. The monoisotopic (exact) mass is 533 g/mol. The van der Waals surface area contributed by atoms with Gasteiger partial charge in [0.1, 0.15) is 5.75 Å². The van der Waals surface area contributed by atoms with E-state index in [1.807, 2.05) is 0 Å². The molecule has 0 saturated carbocycles. The standard InChI is InChI=1S/C23H23N3O8S2/c1-15(22(27)25-17-7-13-20(14-8-17)35(24,29)30)34-23(28)16-3-11-21(12-4-16)36(31,32)26-18-5-9-19(33-2)10-6-18/h3-15,26H,1-2H3,(H,25,27)(H2,24,29,30)/t15-/m1/s1. The Labute approximate surface area is 208 Å². The number of amides is 1. The number of carbonyl (C=O) groups is 2. The van der Waals surface area contributed by atoms with Gasteiger partial charge in [0.05, 0.1) is 22.5 Å². The van der Waals surface area contributed by atoms with Crippen LogP contribution < -0.4 is 19.9 Å². The first kappa shape index (κ1) is 26.7. The fourth-order valence-electron chi connectivity index (χ4n) is 2.90. The van der Waals surface area contributed by atoms with Gasteiger partial charge in [-0.3, -0.25) is 9.52 Å². The fourth-order valence-corrected chi connectivity index (χ4v) is 4.47. The molecule has 3 aromatic carbocycles. The number of nitrogens with two attached hydrogens (primary N) is 1. The molecular formula is C23H23N3O8S2. The average molecular weight is 534 g/mol. The van der Waals surface area contributed by atoms with Gasteiger partial charge in [-0.2, -0.15) is 0 Å². The highest BCUT2D eigenvalue weighted by molar-refractivity contribution is 7.92. The number of methoxy groups -OCH3 is 1. The molecule has 0 bridgehead atoms. The van der Waals surface area contributed by atoms with Gasteiger partial charge in [0.15, 0.2) is 6.10 Å². The van der Waals surface area contributed by atoms with Crippen LogP contribution in [-0.2, 0) is 29.6 Å². The van der Waals surface area contributed by atoms with Crippen LogP contribution in [0.25, 0.3) is 0 Å². The second-order valence-corrected chi connectivity index (χ2v) is 10.7. The second kappa shape index (κ2) is 10.8. The van der Waals surface area contributed by atoms with Crippen LogP contribution in [0.4, 0.5) is 11.4 Å². The molecule has 11 nitrogen and oxygen atoms in total. The highest BCUT2D eigenvalue weighted by atomic mass is 32.2. The third kappa shape index (κ3) is 6.81. The molecule has 3 aromatic rings. The van der Waals surface area contributed by atoms with E-state index in [-0.39, 0.29) is 21.0 Å². The fraction of sp³-hybridized carbons (Fsp3) is 0.130. The van der Waals surface area contributed by atoms with Crippen LogP contribution >= 0.6 is 0 Å². The van der Waals surface area contributed by atoms with Crippen molar-refractivity contribution >= 4 is 43.3 Å². The summed E-state index contributed by atoms with van der Waals surface area (Å²) in [5.74, 6) is -0.924. The quantitative estimate of drug-likeness (QED) is 0.352. The van der Waals surface area contributed by atoms with Crippen molar-refractivity contribution in [1.82, 2.24) is 0 Å². The minimum atomic E-state index is -3.91. The maximum Gasteiger partial charge on any atom is 0.338 e. The summed E-state index contributed by atoms with van der Waals surface area (Å²) >= 11 is 0. The zero-order chi connectivity index (χ0) is 26.5. The van der Waals surface area contributed by atoms with Crippen molar-refractivity contribution in [2.75, 3.05) is 17.1 Å². The van der Waals surface area contributed by atoms with Crippen molar-refractivity contribution < 1.29 is 35.9 Å². The lowest BCUT2D eigenvalue weighted by Gasteiger charge is -2.14. The molecule has 3 rings (SSSR count). The predicted octanol–water partition coefficient (Wildman–Crippen LogP) is 2.33. The number of nitrogens with one attached hydrogen (secondary N) is 2. The Morgan fingerprint density at radius 2 is 1.33 bits per heavy atom. The molecular weight excluding hydrogens is 510 g/mol. The number of sulfonamides is 2. The summed E-state index contributed by atoms with van der Waals surface area (Å²) in [5.41, 5.74) is 0.642. The first-order valence-electron chi connectivity index (χ1n) is 10.3. The molecule has 4 N–H and O–H groups in total. The van der Waals surface area contributed by atoms with E-state index in [9.17, 15) is 26.4 Å². The second-order valence-electron chi connectivity index (χ2n) is 7.46. The molecule has 0 spiro atoms. The number of esters is 1. The Kier molecular flexibility index (Phi) is 7.97. The van der Waals surface area contributed by atoms with Crippen LogP contribution in [0.5, 0.6) is 5.75 Å². The largest absolute Gasteiger partial charge is 0.497 e. The average Bonchev–Trinajstić information content (AvgIpc) is 2.84. The van der Waals surface area contributed by atoms with E-state index in [0.29, 0.717) is 11.4 Å². The molecule has 1 atom stereocenters. The van der Waals surface area contributed by atoms with Crippen molar-refractivity contribution in [1.29, 1.82) is 0 Å². The molecule has 36 heavy (non-hydrogen) atoms. The van der Waals surface area contributed by atoms with Gasteiger partial charge in [-0.1, -0.05) is 0 Å². The molecule has 0 fully saturated rings. The predicted molar refractivity (Wildman–Crippen MR) is 132 cm³/mol. The highest BCUT2D eigenvalue weighted by Crippen LogP contribution is 2.20. The number of ether oxygens (including phenoxy) is 2. The Balaban J connectivity index is 1.60. The third-order valence-electron chi connectivity index (χ3n) is 4.85. The molecule has 0 aliphatic carbocycles. The number of hydrogen-bond donors (Lipinski definition) is 3. The Morgan fingerprint density at radius 1 is 0.806 bits per heavy atom. The summed E-state index contributed by atoms with van der Waals surface area (Å²) < 4.78 is 60.4. The van der Waals surface area contributed by atoms with Gasteiger partial charge < -0.3 is 14.8 Å². The number of rotatable bonds is 9. The van der Waals surface area contributed by atoms with Crippen molar-refractivity contribution in [2.24, 2.45) is 5.14 Å². The van der Waals surface area contributed by atoms with E-state index < -0.39 is 38.0 Å². The van der Waals surface area contributed by atoms with Crippen molar-refractivity contribution in [3.63, 3.8) is 0 Å². The van der Waals surface area contributed by atoms with Gasteiger partial charge in [0.2, 0.25) is 10.0 Å². The van der Waals surface area contributed by atoms with E-state index in [1.54, 1.807) is 24.3 Å². The molecule has 0 aliphatic heterocycles. The van der Waals surface area contributed by atoms with Crippen molar-refractivity contribution in [3.8, 4) is 5.75 Å². The minimum absolute atomic E-state index is 0.0375. The third-order valence-corrected chi connectivity index (χ3v) is 7.17. The summed E-state index contributed by atoms with van der Waals surface area (Å²) in [6, 6.07) is 16.4. The first-order valence-corrected chi connectivity index (χ1v) is 13.3. The van der Waals surface area contributed by atoms with Gasteiger partial charge in [0.25, 0.3) is 15.9 Å².